The number of hydrogen-bond acceptors (Lipinski definition) is 2. The lowest BCUT2D eigenvalue weighted by molar-refractivity contribution is 0.0994. The molecule has 74 valence electrons. The van der Waals surface area contributed by atoms with Gasteiger partial charge in [-0.25, -0.2) is 0 Å². The van der Waals surface area contributed by atoms with Gasteiger partial charge in [-0.15, -0.1) is 0 Å². The van der Waals surface area contributed by atoms with Crippen molar-refractivity contribution in [2.24, 2.45) is 0 Å². The first-order chi connectivity index (χ1) is 6.59. The van der Waals surface area contributed by atoms with Crippen molar-refractivity contribution in [1.82, 2.24) is 5.32 Å². The molecule has 0 unspecified atom stereocenters. The first-order valence-electron chi connectivity index (χ1n) is 3.81. The van der Waals surface area contributed by atoms with E-state index in [1.54, 1.807) is 18.2 Å². The standard InChI is InChI=1S/C9H7Cl2NO2/c10-7-3-1-2-6(4-7)8(13)5-12-9(11)14/h1-4H,5H2,(H,12,14). The molecule has 0 saturated heterocycles. The Hall–Kier alpha value is -1.06. The van der Waals surface area contributed by atoms with Crippen molar-refractivity contribution in [1.29, 1.82) is 0 Å². The number of benzene rings is 1. The number of nitrogens with one attached hydrogen (secondary N) is 1. The average molecular weight is 232 g/mol. The molecule has 0 aromatic heterocycles. The Morgan fingerprint density at radius 1 is 1.36 bits per heavy atom. The van der Waals surface area contributed by atoms with E-state index in [-0.39, 0.29) is 12.3 Å². The van der Waals surface area contributed by atoms with Gasteiger partial charge in [0.05, 0.1) is 6.54 Å². The van der Waals surface area contributed by atoms with Gasteiger partial charge >= 0.3 is 5.37 Å². The Morgan fingerprint density at radius 2 is 2.07 bits per heavy atom. The summed E-state index contributed by atoms with van der Waals surface area (Å²) < 4.78 is 0. The molecule has 0 spiro atoms. The van der Waals surface area contributed by atoms with Gasteiger partial charge in [-0.3, -0.25) is 9.59 Å². The molecule has 3 nitrogen and oxygen atoms in total. The maximum atomic E-state index is 11.4. The number of Topliss-reactive ketones (excluding diaryl/α,β-unsaturated/α-hetero) is 1. The molecular weight excluding hydrogens is 225 g/mol. The van der Waals surface area contributed by atoms with Crippen LogP contribution >= 0.6 is 23.2 Å². The number of ketones is 1. The van der Waals surface area contributed by atoms with Crippen LogP contribution in [0.15, 0.2) is 24.3 Å². The fourth-order valence-corrected chi connectivity index (χ4v) is 1.17. The predicted molar refractivity (Wildman–Crippen MR) is 55.0 cm³/mol. The molecule has 0 aliphatic carbocycles. The fourth-order valence-electron chi connectivity index (χ4n) is 0.914. The molecule has 0 aliphatic rings. The third-order valence-corrected chi connectivity index (χ3v) is 1.90. The first kappa shape index (κ1) is 11.0. The number of amides is 1. The highest BCUT2D eigenvalue weighted by atomic mass is 35.5. The quantitative estimate of drug-likeness (QED) is 0.494. The molecule has 0 aliphatic heterocycles. The molecule has 0 atom stereocenters. The third kappa shape index (κ3) is 3.36. The monoisotopic (exact) mass is 231 g/mol. The summed E-state index contributed by atoms with van der Waals surface area (Å²) in [6.45, 7) is -0.122. The average Bonchev–Trinajstić information content (AvgIpc) is 2.14. The van der Waals surface area contributed by atoms with E-state index in [2.05, 4.69) is 5.32 Å². The molecule has 0 saturated carbocycles. The minimum absolute atomic E-state index is 0.122. The summed E-state index contributed by atoms with van der Waals surface area (Å²) in [7, 11) is 0. The van der Waals surface area contributed by atoms with Gasteiger partial charge in [-0.05, 0) is 23.7 Å². The van der Waals surface area contributed by atoms with E-state index < -0.39 is 5.37 Å². The van der Waals surface area contributed by atoms with E-state index in [9.17, 15) is 9.59 Å². The molecular formula is C9H7Cl2NO2. The Balaban J connectivity index is 2.65. The minimum Gasteiger partial charge on any atom is -0.335 e. The van der Waals surface area contributed by atoms with Crippen LogP contribution in [0.2, 0.25) is 5.02 Å². The van der Waals surface area contributed by atoms with E-state index >= 15 is 0 Å². The van der Waals surface area contributed by atoms with E-state index in [1.807, 2.05) is 0 Å². The van der Waals surface area contributed by atoms with Crippen LogP contribution in [0.25, 0.3) is 0 Å². The SMILES string of the molecule is O=C(Cl)NCC(=O)c1cccc(Cl)c1. The van der Waals surface area contributed by atoms with Gasteiger partial charge in [-0.1, -0.05) is 23.7 Å². The summed E-state index contributed by atoms with van der Waals surface area (Å²) in [5.41, 5.74) is 0.447. The van der Waals surface area contributed by atoms with Crippen molar-refractivity contribution >= 4 is 34.4 Å². The first-order valence-corrected chi connectivity index (χ1v) is 4.57. The number of rotatable bonds is 3. The van der Waals surface area contributed by atoms with Crippen molar-refractivity contribution in [3.05, 3.63) is 34.9 Å². The third-order valence-electron chi connectivity index (χ3n) is 1.53. The zero-order chi connectivity index (χ0) is 10.6. The molecule has 0 bridgehead atoms. The maximum Gasteiger partial charge on any atom is 0.314 e. The van der Waals surface area contributed by atoms with Crippen LogP contribution < -0.4 is 5.32 Å². The molecule has 5 heteroatoms. The lowest BCUT2D eigenvalue weighted by atomic mass is 10.1. The Bertz CT molecular complexity index is 366. The topological polar surface area (TPSA) is 46.2 Å². The normalized spacial score (nSPS) is 9.57. The van der Waals surface area contributed by atoms with Crippen molar-refractivity contribution in [3.63, 3.8) is 0 Å². The van der Waals surface area contributed by atoms with Crippen LogP contribution in [0.1, 0.15) is 10.4 Å². The summed E-state index contributed by atoms with van der Waals surface area (Å²) in [5, 5.41) is 1.93. The summed E-state index contributed by atoms with van der Waals surface area (Å²) in [4.78, 5) is 21.7. The number of carbonyl (C=O) groups is 2. The predicted octanol–water partition coefficient (Wildman–Crippen LogP) is 2.47. The number of carbonyl (C=O) groups excluding carboxylic acids is 2. The lowest BCUT2D eigenvalue weighted by Crippen LogP contribution is -2.24. The summed E-state index contributed by atoms with van der Waals surface area (Å²) in [6, 6.07) is 6.48. The molecule has 0 radical (unpaired) electrons. The van der Waals surface area contributed by atoms with Gasteiger partial charge in [0.1, 0.15) is 0 Å². The summed E-state index contributed by atoms with van der Waals surface area (Å²) >= 11 is 10.7. The fraction of sp³-hybridized carbons (Fsp3) is 0.111. The number of hydrogen-bond donors (Lipinski definition) is 1. The minimum atomic E-state index is -0.750. The smallest absolute Gasteiger partial charge is 0.314 e. The van der Waals surface area contributed by atoms with Crippen LogP contribution in [-0.4, -0.2) is 17.7 Å². The van der Waals surface area contributed by atoms with E-state index in [0.29, 0.717) is 10.6 Å². The zero-order valence-corrected chi connectivity index (χ0v) is 8.60. The van der Waals surface area contributed by atoms with Crippen LogP contribution in [0.4, 0.5) is 4.79 Å². The van der Waals surface area contributed by atoms with Gasteiger partial charge in [0.25, 0.3) is 0 Å². The highest BCUT2D eigenvalue weighted by molar-refractivity contribution is 6.63. The van der Waals surface area contributed by atoms with Crippen LogP contribution in [0.5, 0.6) is 0 Å². The molecule has 14 heavy (non-hydrogen) atoms. The van der Waals surface area contributed by atoms with Gasteiger partial charge in [0, 0.05) is 10.6 Å². The van der Waals surface area contributed by atoms with E-state index in [1.165, 1.54) is 6.07 Å². The van der Waals surface area contributed by atoms with Gasteiger partial charge in [-0.2, -0.15) is 0 Å². The van der Waals surface area contributed by atoms with Crippen LogP contribution in [0, 0.1) is 0 Å². The molecule has 1 aromatic carbocycles. The summed E-state index contributed by atoms with van der Waals surface area (Å²) in [6.07, 6.45) is 0. The summed E-state index contributed by atoms with van der Waals surface area (Å²) in [5.74, 6) is -0.235. The van der Waals surface area contributed by atoms with Crippen molar-refractivity contribution in [3.8, 4) is 0 Å². The largest absolute Gasteiger partial charge is 0.335 e. The lowest BCUT2D eigenvalue weighted by Gasteiger charge is -2.00. The Labute approximate surface area is 91.0 Å². The highest BCUT2D eigenvalue weighted by Gasteiger charge is 2.06. The highest BCUT2D eigenvalue weighted by Crippen LogP contribution is 2.10. The molecule has 1 N–H and O–H groups in total. The Morgan fingerprint density at radius 3 is 2.64 bits per heavy atom. The molecule has 1 aromatic rings. The number of halogens is 2. The zero-order valence-electron chi connectivity index (χ0n) is 7.09. The van der Waals surface area contributed by atoms with Crippen molar-refractivity contribution in [2.75, 3.05) is 6.54 Å². The second kappa shape index (κ2) is 4.98. The second-order valence-electron chi connectivity index (χ2n) is 2.56. The van der Waals surface area contributed by atoms with Gasteiger partial charge in [0.15, 0.2) is 5.78 Å². The van der Waals surface area contributed by atoms with E-state index in [0.717, 1.165) is 0 Å². The van der Waals surface area contributed by atoms with Gasteiger partial charge in [0.2, 0.25) is 0 Å². The maximum absolute atomic E-state index is 11.4. The van der Waals surface area contributed by atoms with Crippen LogP contribution in [0.3, 0.4) is 0 Å². The molecule has 0 fully saturated rings. The second-order valence-corrected chi connectivity index (χ2v) is 3.34. The van der Waals surface area contributed by atoms with Crippen molar-refractivity contribution in [2.45, 2.75) is 0 Å². The molecule has 1 rings (SSSR count). The van der Waals surface area contributed by atoms with E-state index in [4.69, 9.17) is 23.2 Å². The molecule has 0 heterocycles. The van der Waals surface area contributed by atoms with Gasteiger partial charge < -0.3 is 5.32 Å². The van der Waals surface area contributed by atoms with Crippen LogP contribution in [-0.2, 0) is 0 Å². The molecule has 1 amide bonds. The Kier molecular flexibility index (Phi) is 3.92. The van der Waals surface area contributed by atoms with Crippen molar-refractivity contribution < 1.29 is 9.59 Å².